The Morgan fingerprint density at radius 2 is 1.68 bits per heavy atom. The molecule has 1 saturated carbocycles. The Hall–Kier alpha value is -2.95. The predicted octanol–water partition coefficient (Wildman–Crippen LogP) is 4.67. The maximum Gasteiger partial charge on any atom is 0.271 e. The monoisotopic (exact) mass is 377 g/mol. The van der Waals surface area contributed by atoms with Crippen molar-refractivity contribution in [2.75, 3.05) is 5.32 Å². The van der Waals surface area contributed by atoms with Gasteiger partial charge in [0.15, 0.2) is 0 Å². The number of anilines is 1. The van der Waals surface area contributed by atoms with Crippen molar-refractivity contribution in [3.63, 3.8) is 0 Å². The molecule has 2 aromatic rings. The molecule has 0 atom stereocenters. The van der Waals surface area contributed by atoms with Gasteiger partial charge in [-0.2, -0.15) is 5.10 Å². The SMILES string of the molecule is CC(=NNC(=O)c1cccc(C)c1)c1ccc(NC(=O)C2CCCCC2)cc1. The van der Waals surface area contributed by atoms with Gasteiger partial charge in [0.1, 0.15) is 0 Å². The Bertz CT molecular complexity index is 866. The lowest BCUT2D eigenvalue weighted by Crippen LogP contribution is -2.24. The van der Waals surface area contributed by atoms with Gasteiger partial charge < -0.3 is 5.32 Å². The van der Waals surface area contributed by atoms with Gasteiger partial charge in [-0.05, 0) is 56.5 Å². The summed E-state index contributed by atoms with van der Waals surface area (Å²) in [4.78, 5) is 24.5. The van der Waals surface area contributed by atoms with Crippen LogP contribution < -0.4 is 10.7 Å². The van der Waals surface area contributed by atoms with Gasteiger partial charge in [-0.1, -0.05) is 49.1 Å². The van der Waals surface area contributed by atoms with Gasteiger partial charge >= 0.3 is 0 Å². The van der Waals surface area contributed by atoms with Crippen LogP contribution in [0.15, 0.2) is 53.6 Å². The van der Waals surface area contributed by atoms with Crippen molar-refractivity contribution >= 4 is 23.2 Å². The summed E-state index contributed by atoms with van der Waals surface area (Å²) in [5.41, 5.74) is 6.58. The third kappa shape index (κ3) is 5.28. The molecular formula is C23H27N3O2. The molecule has 0 spiro atoms. The number of amides is 2. The van der Waals surface area contributed by atoms with E-state index < -0.39 is 0 Å². The molecule has 0 aliphatic heterocycles. The second-order valence-corrected chi connectivity index (χ2v) is 7.41. The quantitative estimate of drug-likeness (QED) is 0.587. The summed E-state index contributed by atoms with van der Waals surface area (Å²) in [7, 11) is 0. The van der Waals surface area contributed by atoms with Gasteiger partial charge in [-0.3, -0.25) is 9.59 Å². The molecule has 0 saturated heterocycles. The zero-order valence-corrected chi connectivity index (χ0v) is 16.5. The van der Waals surface area contributed by atoms with Crippen molar-refractivity contribution in [1.82, 2.24) is 5.43 Å². The van der Waals surface area contributed by atoms with Crippen LogP contribution in [0.4, 0.5) is 5.69 Å². The van der Waals surface area contributed by atoms with Crippen LogP contribution in [-0.2, 0) is 4.79 Å². The number of rotatable bonds is 5. The average molecular weight is 377 g/mol. The summed E-state index contributed by atoms with van der Waals surface area (Å²) in [5, 5.41) is 7.20. The Morgan fingerprint density at radius 3 is 2.36 bits per heavy atom. The highest BCUT2D eigenvalue weighted by atomic mass is 16.2. The fourth-order valence-corrected chi connectivity index (χ4v) is 3.45. The molecule has 5 heteroatoms. The fraction of sp³-hybridized carbons (Fsp3) is 0.348. The zero-order valence-electron chi connectivity index (χ0n) is 16.5. The van der Waals surface area contributed by atoms with E-state index in [1.165, 1.54) is 6.42 Å². The average Bonchev–Trinajstić information content (AvgIpc) is 2.73. The van der Waals surface area contributed by atoms with Crippen molar-refractivity contribution in [2.45, 2.75) is 46.0 Å². The second kappa shape index (κ2) is 9.31. The first kappa shape index (κ1) is 19.8. The highest BCUT2D eigenvalue weighted by Gasteiger charge is 2.20. The van der Waals surface area contributed by atoms with Crippen LogP contribution in [0.2, 0.25) is 0 Å². The Balaban J connectivity index is 1.58. The van der Waals surface area contributed by atoms with Crippen molar-refractivity contribution in [3.05, 3.63) is 65.2 Å². The van der Waals surface area contributed by atoms with Crippen molar-refractivity contribution in [2.24, 2.45) is 11.0 Å². The summed E-state index contributed by atoms with van der Waals surface area (Å²) in [5.74, 6) is 0.0104. The number of carbonyl (C=O) groups excluding carboxylic acids is 2. The number of nitrogens with one attached hydrogen (secondary N) is 2. The van der Waals surface area contributed by atoms with E-state index in [0.717, 1.165) is 42.5 Å². The van der Waals surface area contributed by atoms with Crippen molar-refractivity contribution in [1.29, 1.82) is 0 Å². The molecule has 2 amide bonds. The summed E-state index contributed by atoms with van der Waals surface area (Å²) >= 11 is 0. The molecule has 1 fully saturated rings. The molecule has 146 valence electrons. The van der Waals surface area contributed by atoms with Crippen LogP contribution in [0.3, 0.4) is 0 Å². The summed E-state index contributed by atoms with van der Waals surface area (Å²) in [6.07, 6.45) is 5.48. The maximum atomic E-state index is 12.3. The normalized spacial score (nSPS) is 15.1. The standard InChI is InChI=1S/C23H27N3O2/c1-16-7-6-10-20(15-16)23(28)26-25-17(2)18-11-13-21(14-12-18)24-22(27)19-8-4-3-5-9-19/h6-7,10-15,19H,3-5,8-9H2,1-2H3,(H,24,27)(H,26,28). The van der Waals surface area contributed by atoms with Crippen LogP contribution in [0, 0.1) is 12.8 Å². The molecule has 28 heavy (non-hydrogen) atoms. The van der Waals surface area contributed by atoms with Gasteiger partial charge in [0.2, 0.25) is 5.91 Å². The molecular weight excluding hydrogens is 350 g/mol. The first-order valence-electron chi connectivity index (χ1n) is 9.85. The van der Waals surface area contributed by atoms with Crippen LogP contribution in [0.1, 0.15) is 60.5 Å². The molecule has 0 bridgehead atoms. The highest BCUT2D eigenvalue weighted by Crippen LogP contribution is 2.25. The van der Waals surface area contributed by atoms with E-state index in [1.807, 2.05) is 56.3 Å². The Morgan fingerprint density at radius 1 is 0.964 bits per heavy atom. The predicted molar refractivity (Wildman–Crippen MR) is 113 cm³/mol. The molecule has 0 aromatic heterocycles. The van der Waals surface area contributed by atoms with Crippen LogP contribution >= 0.6 is 0 Å². The third-order valence-electron chi connectivity index (χ3n) is 5.15. The fourth-order valence-electron chi connectivity index (χ4n) is 3.45. The summed E-state index contributed by atoms with van der Waals surface area (Å²) in [6.45, 7) is 3.78. The molecule has 2 N–H and O–H groups in total. The van der Waals surface area contributed by atoms with E-state index in [1.54, 1.807) is 6.07 Å². The summed E-state index contributed by atoms with van der Waals surface area (Å²) in [6, 6.07) is 14.9. The number of hydrogen-bond acceptors (Lipinski definition) is 3. The number of nitrogens with zero attached hydrogens (tertiary/aromatic N) is 1. The van der Waals surface area contributed by atoms with Gasteiger partial charge in [-0.25, -0.2) is 5.43 Å². The molecule has 1 aliphatic carbocycles. The van der Waals surface area contributed by atoms with Crippen LogP contribution in [0.5, 0.6) is 0 Å². The van der Waals surface area contributed by atoms with E-state index in [0.29, 0.717) is 11.3 Å². The maximum absolute atomic E-state index is 12.3. The van der Waals surface area contributed by atoms with Gasteiger partial charge in [-0.15, -0.1) is 0 Å². The van der Waals surface area contributed by atoms with E-state index in [4.69, 9.17) is 0 Å². The molecule has 3 rings (SSSR count). The van der Waals surface area contributed by atoms with E-state index in [-0.39, 0.29) is 17.7 Å². The molecule has 5 nitrogen and oxygen atoms in total. The number of carbonyl (C=O) groups is 2. The van der Waals surface area contributed by atoms with E-state index >= 15 is 0 Å². The first-order valence-corrected chi connectivity index (χ1v) is 9.85. The van der Waals surface area contributed by atoms with E-state index in [9.17, 15) is 9.59 Å². The molecule has 1 aliphatic rings. The van der Waals surface area contributed by atoms with Crippen LogP contribution in [0.25, 0.3) is 0 Å². The van der Waals surface area contributed by atoms with Gasteiger partial charge in [0.25, 0.3) is 5.91 Å². The number of hydrazone groups is 1. The molecule has 2 aromatic carbocycles. The van der Waals surface area contributed by atoms with Gasteiger partial charge in [0.05, 0.1) is 5.71 Å². The smallest absolute Gasteiger partial charge is 0.271 e. The van der Waals surface area contributed by atoms with Crippen LogP contribution in [-0.4, -0.2) is 17.5 Å². The number of hydrogen-bond donors (Lipinski definition) is 2. The highest BCUT2D eigenvalue weighted by molar-refractivity contribution is 6.01. The van der Waals surface area contributed by atoms with Crippen molar-refractivity contribution in [3.8, 4) is 0 Å². The third-order valence-corrected chi connectivity index (χ3v) is 5.15. The zero-order chi connectivity index (χ0) is 19.9. The molecule has 0 unspecified atom stereocenters. The summed E-state index contributed by atoms with van der Waals surface area (Å²) < 4.78 is 0. The minimum absolute atomic E-state index is 0.114. The molecule has 0 heterocycles. The lowest BCUT2D eigenvalue weighted by molar-refractivity contribution is -0.120. The second-order valence-electron chi connectivity index (χ2n) is 7.41. The lowest BCUT2D eigenvalue weighted by atomic mass is 9.88. The minimum Gasteiger partial charge on any atom is -0.326 e. The number of aryl methyl sites for hydroxylation is 1. The topological polar surface area (TPSA) is 70.6 Å². The molecule has 0 radical (unpaired) electrons. The van der Waals surface area contributed by atoms with Gasteiger partial charge in [0, 0.05) is 17.2 Å². The minimum atomic E-state index is -0.237. The van der Waals surface area contributed by atoms with E-state index in [2.05, 4.69) is 15.8 Å². The Kier molecular flexibility index (Phi) is 6.58. The lowest BCUT2D eigenvalue weighted by Gasteiger charge is -2.20. The van der Waals surface area contributed by atoms with Crippen molar-refractivity contribution < 1.29 is 9.59 Å². The Labute approximate surface area is 166 Å². The number of benzene rings is 2. The first-order chi connectivity index (χ1) is 13.5. The largest absolute Gasteiger partial charge is 0.326 e.